The first-order valence-corrected chi connectivity index (χ1v) is 23.4. The number of fused-ring (bicyclic) bond motifs is 1. The van der Waals surface area contributed by atoms with E-state index in [1.807, 2.05) is 83.9 Å². The number of cyclic esters (lactones) is 1. The van der Waals surface area contributed by atoms with Gasteiger partial charge in [0.05, 0.1) is 47.6 Å². The van der Waals surface area contributed by atoms with Gasteiger partial charge in [-0.15, -0.1) is 0 Å². The summed E-state index contributed by atoms with van der Waals surface area (Å²) >= 11 is 0. The lowest BCUT2D eigenvalue weighted by atomic mass is 9.77. The van der Waals surface area contributed by atoms with Crippen LogP contribution in [0.1, 0.15) is 101 Å². The quantitative estimate of drug-likeness (QED) is 0.136. The molecular weight excluding hydrogens is 809 g/mol. The van der Waals surface area contributed by atoms with Crippen molar-refractivity contribution < 1.29 is 54.0 Å². The fourth-order valence-electron chi connectivity index (χ4n) is 10.4. The van der Waals surface area contributed by atoms with Gasteiger partial charge in [0.2, 0.25) is 0 Å². The van der Waals surface area contributed by atoms with Crippen LogP contribution in [0.5, 0.6) is 0 Å². The summed E-state index contributed by atoms with van der Waals surface area (Å²) in [6.45, 7) is 19.7. The van der Waals surface area contributed by atoms with Crippen molar-refractivity contribution in [3.05, 3.63) is 36.5 Å². The van der Waals surface area contributed by atoms with Crippen molar-refractivity contribution in [2.75, 3.05) is 39.0 Å². The molecule has 358 valence electrons. The number of hydrogen-bond acceptors (Lipinski definition) is 15. The van der Waals surface area contributed by atoms with Crippen molar-refractivity contribution in [2.24, 2.45) is 23.7 Å². The van der Waals surface area contributed by atoms with Crippen LogP contribution in [0.15, 0.2) is 36.5 Å². The molecule has 1 aromatic carbocycles. The van der Waals surface area contributed by atoms with Gasteiger partial charge in [0.15, 0.2) is 12.6 Å². The topological polar surface area (TPSA) is 196 Å². The first kappa shape index (κ1) is 51.4. The highest BCUT2D eigenvalue weighted by Crippen LogP contribution is 2.39. The smallest absolute Gasteiger partial charge is 0.311 e. The van der Waals surface area contributed by atoms with Gasteiger partial charge in [0.25, 0.3) is 0 Å². The van der Waals surface area contributed by atoms with Gasteiger partial charge in [-0.25, -0.2) is 0 Å². The second-order valence-electron chi connectivity index (χ2n) is 19.9. The maximum atomic E-state index is 14.5. The molecule has 0 spiro atoms. The zero-order valence-corrected chi connectivity index (χ0v) is 39.9. The van der Waals surface area contributed by atoms with E-state index >= 15 is 0 Å². The molecule has 5 rings (SSSR count). The second-order valence-corrected chi connectivity index (χ2v) is 19.9. The number of para-hydroxylation sites is 1. The van der Waals surface area contributed by atoms with Crippen molar-refractivity contribution in [1.29, 1.82) is 0 Å². The Morgan fingerprint density at radius 3 is 2.32 bits per heavy atom. The summed E-state index contributed by atoms with van der Waals surface area (Å²) in [4.78, 5) is 23.0. The van der Waals surface area contributed by atoms with Crippen LogP contribution in [-0.4, -0.2) is 165 Å². The zero-order valence-electron chi connectivity index (χ0n) is 39.9. The normalized spacial score (nSPS) is 41.8. The van der Waals surface area contributed by atoms with E-state index in [4.69, 9.17) is 23.7 Å². The number of nitrogens with zero attached hydrogens (tertiary/aromatic N) is 3. The van der Waals surface area contributed by atoms with Crippen LogP contribution in [-0.2, 0) is 28.5 Å². The molecule has 15 heteroatoms. The molecule has 2 unspecified atom stereocenters. The van der Waals surface area contributed by atoms with E-state index in [1.54, 1.807) is 33.9 Å². The number of carbonyl (C=O) groups excluding carboxylic acids is 1. The summed E-state index contributed by atoms with van der Waals surface area (Å²) in [6.07, 6.45) is -5.09. The predicted molar refractivity (Wildman–Crippen MR) is 242 cm³/mol. The van der Waals surface area contributed by atoms with Crippen LogP contribution in [0.3, 0.4) is 0 Å². The number of hydrogen-bond donors (Lipinski definition) is 6. The molecule has 0 bridgehead atoms. The predicted octanol–water partition coefficient (Wildman–Crippen LogP) is 4.55. The van der Waals surface area contributed by atoms with Gasteiger partial charge in [0.1, 0.15) is 23.9 Å². The van der Waals surface area contributed by atoms with Crippen LogP contribution < -0.4 is 5.32 Å². The summed E-state index contributed by atoms with van der Waals surface area (Å²) in [6, 6.07) is 9.03. The largest absolute Gasteiger partial charge is 0.459 e. The fourth-order valence-corrected chi connectivity index (χ4v) is 10.4. The highest BCUT2D eigenvalue weighted by atomic mass is 16.7. The number of likely N-dealkylation sites (N-methyl/N-ethyl adjacent to an activating group) is 1. The Morgan fingerprint density at radius 1 is 0.952 bits per heavy atom. The van der Waals surface area contributed by atoms with E-state index in [9.17, 15) is 30.3 Å². The molecule has 3 aliphatic rings. The highest BCUT2D eigenvalue weighted by Gasteiger charge is 2.51. The molecule has 3 fully saturated rings. The molecule has 2 aromatic rings. The molecule has 63 heavy (non-hydrogen) atoms. The first-order chi connectivity index (χ1) is 29.6. The summed E-state index contributed by atoms with van der Waals surface area (Å²) in [5, 5.41) is 64.1. The van der Waals surface area contributed by atoms with E-state index in [2.05, 4.69) is 15.2 Å². The monoisotopic (exact) mass is 889 g/mol. The van der Waals surface area contributed by atoms with E-state index in [0.29, 0.717) is 38.9 Å². The number of aliphatic hydroxyl groups excluding tert-OH is 3. The van der Waals surface area contributed by atoms with Crippen LogP contribution in [0.25, 0.3) is 10.9 Å². The summed E-state index contributed by atoms with van der Waals surface area (Å²) in [5.41, 5.74) is -1.57. The number of benzene rings is 1. The molecule has 0 saturated carbocycles. The van der Waals surface area contributed by atoms with Gasteiger partial charge in [-0.1, -0.05) is 45.9 Å². The average Bonchev–Trinajstić information content (AvgIpc) is 3.23. The number of aliphatic hydroxyl groups is 5. The molecule has 0 radical (unpaired) electrons. The number of esters is 1. The molecule has 1 aromatic heterocycles. The molecule has 0 aliphatic carbocycles. The number of nitrogens with one attached hydrogen (secondary N) is 1. The van der Waals surface area contributed by atoms with E-state index in [1.165, 1.54) is 6.92 Å². The summed E-state index contributed by atoms with van der Waals surface area (Å²) in [5.74, 6) is -2.74. The number of aromatic nitrogens is 1. The van der Waals surface area contributed by atoms with E-state index < -0.39 is 90.4 Å². The lowest BCUT2D eigenvalue weighted by Gasteiger charge is -2.48. The Hall–Kier alpha value is -2.54. The fraction of sp³-hybridized carbons (Fsp3) is 0.792. The Kier molecular flexibility index (Phi) is 17.8. The summed E-state index contributed by atoms with van der Waals surface area (Å²) < 4.78 is 32.2. The molecule has 0 amide bonds. The molecule has 18 atom stereocenters. The highest BCUT2D eigenvalue weighted by molar-refractivity contribution is 5.90. The Labute approximate surface area is 375 Å². The number of ether oxygens (including phenoxy) is 5. The minimum Gasteiger partial charge on any atom is -0.459 e. The zero-order chi connectivity index (χ0) is 46.6. The van der Waals surface area contributed by atoms with Gasteiger partial charge in [0, 0.05) is 61.3 Å². The van der Waals surface area contributed by atoms with E-state index in [0.717, 1.165) is 16.6 Å². The van der Waals surface area contributed by atoms with Crippen molar-refractivity contribution in [2.45, 2.75) is 186 Å². The van der Waals surface area contributed by atoms with Gasteiger partial charge < -0.3 is 59.4 Å². The van der Waals surface area contributed by atoms with Crippen molar-refractivity contribution >= 4 is 22.6 Å². The second kappa shape index (κ2) is 21.8. The minimum atomic E-state index is -1.85. The molecule has 15 nitrogen and oxygen atoms in total. The molecule has 3 aliphatic heterocycles. The number of anilines is 1. The number of rotatable bonds is 11. The van der Waals surface area contributed by atoms with Crippen molar-refractivity contribution in [3.63, 3.8) is 0 Å². The van der Waals surface area contributed by atoms with E-state index in [-0.39, 0.29) is 36.8 Å². The van der Waals surface area contributed by atoms with Gasteiger partial charge in [-0.2, -0.15) is 0 Å². The van der Waals surface area contributed by atoms with Crippen LogP contribution >= 0.6 is 0 Å². The van der Waals surface area contributed by atoms with Gasteiger partial charge in [-0.05, 0) is 105 Å². The maximum absolute atomic E-state index is 14.5. The van der Waals surface area contributed by atoms with Gasteiger partial charge in [-0.3, -0.25) is 14.7 Å². The minimum absolute atomic E-state index is 0.165. The lowest BCUT2D eigenvalue weighted by molar-refractivity contribution is -0.309. The molecule has 6 N–H and O–H groups in total. The van der Waals surface area contributed by atoms with Crippen LogP contribution in [0, 0.1) is 23.7 Å². The van der Waals surface area contributed by atoms with Crippen LogP contribution in [0.4, 0.5) is 5.69 Å². The van der Waals surface area contributed by atoms with Crippen molar-refractivity contribution in [1.82, 2.24) is 14.8 Å². The van der Waals surface area contributed by atoms with Crippen molar-refractivity contribution in [3.8, 4) is 0 Å². The number of pyridine rings is 1. The summed E-state index contributed by atoms with van der Waals surface area (Å²) in [7, 11) is 3.80. The number of carbonyl (C=O) groups is 1. The molecular formula is C48H80N4O11. The standard InChI is InChI=1S/C48H80N4O11/c1-13-38-48(10,58)43(55)32(7)52(22-16-20-49-36-19-21-50-35-18-15-14-17-34(35)36)26-27(2)25-47(9,57)44(63-46-41(54)37(51(11)12)24-29(4)59-46)30(5)42(31(6)45(56)61-38)62-39-23-28(3)40(53)33(8)60-39/h14-15,17-19,21,27-33,37-44,46,53-55,57-58H,13,16,20,22-26H2,1-12H3,(H,49,50)/t27-,28?,29?,30+,31-,32-,33+,37+,38-,39+,40-,41-,42+,43-,44-,46+,47-,48-/m1/s1. The molecule has 4 heterocycles. The Balaban J connectivity index is 1.51. The SMILES string of the molecule is CC[C@H]1OC(=O)[C@H](C)[C@@H](O[C@H]2CC(C)[C@@H](O)[C@H](C)O2)[C@H](C)[C@@H](O[C@@H]2OC(C)C[C@H](N(C)C)[C@H]2O)[C@](C)(O)C[C@@H](C)CN(CCCNc2ccnc3ccccc23)[C@H](C)[C@@H](O)[C@]1(C)O. The third kappa shape index (κ3) is 12.3. The van der Waals surface area contributed by atoms with Crippen LogP contribution in [0.2, 0.25) is 0 Å². The van der Waals surface area contributed by atoms with Gasteiger partial charge >= 0.3 is 5.97 Å². The Bertz CT molecular complexity index is 1730. The molecule has 3 saturated heterocycles. The third-order valence-electron chi connectivity index (χ3n) is 14.1. The lowest BCUT2D eigenvalue weighted by Crippen LogP contribution is -2.59. The average molecular weight is 889 g/mol. The Morgan fingerprint density at radius 2 is 1.65 bits per heavy atom. The first-order valence-electron chi connectivity index (χ1n) is 23.4. The third-order valence-corrected chi connectivity index (χ3v) is 14.1. The maximum Gasteiger partial charge on any atom is 0.311 e.